The third kappa shape index (κ3) is 3.95. The van der Waals surface area contributed by atoms with Crippen molar-refractivity contribution in [3.8, 4) is 0 Å². The Labute approximate surface area is 136 Å². The van der Waals surface area contributed by atoms with Gasteiger partial charge in [0.1, 0.15) is 0 Å². The molecular weight excluding hydrogens is 296 g/mol. The van der Waals surface area contributed by atoms with Crippen molar-refractivity contribution in [2.75, 3.05) is 6.61 Å². The Morgan fingerprint density at radius 1 is 1.00 bits per heavy atom. The first kappa shape index (κ1) is 17.6. The molecule has 2 unspecified atom stereocenters. The van der Waals surface area contributed by atoms with Crippen molar-refractivity contribution in [2.45, 2.75) is 39.0 Å². The van der Waals surface area contributed by atoms with Gasteiger partial charge in [0.2, 0.25) is 0 Å². The SMILES string of the molecule is CC.Cc1ccc(C(F)(F)C2NC(c3ccccc3)CO2)cc1. The summed E-state index contributed by atoms with van der Waals surface area (Å²) in [5, 5.41) is 2.89. The summed E-state index contributed by atoms with van der Waals surface area (Å²) in [7, 11) is 0. The number of nitrogens with one attached hydrogen (secondary N) is 1. The van der Waals surface area contributed by atoms with Crippen LogP contribution in [-0.4, -0.2) is 12.8 Å². The average Bonchev–Trinajstić information content (AvgIpc) is 3.09. The van der Waals surface area contributed by atoms with Crippen molar-refractivity contribution in [3.05, 3.63) is 71.3 Å². The lowest BCUT2D eigenvalue weighted by molar-refractivity contribution is -0.130. The van der Waals surface area contributed by atoms with Crippen LogP contribution < -0.4 is 5.32 Å². The van der Waals surface area contributed by atoms with Gasteiger partial charge in [0, 0.05) is 5.56 Å². The number of aryl methyl sites for hydroxylation is 1. The molecule has 1 heterocycles. The Hall–Kier alpha value is -1.78. The minimum Gasteiger partial charge on any atom is -0.355 e. The zero-order valence-corrected chi connectivity index (χ0v) is 13.7. The number of rotatable bonds is 3. The predicted molar refractivity (Wildman–Crippen MR) is 88.5 cm³/mol. The molecule has 1 saturated heterocycles. The van der Waals surface area contributed by atoms with Crippen molar-refractivity contribution in [2.24, 2.45) is 0 Å². The summed E-state index contributed by atoms with van der Waals surface area (Å²) in [5.41, 5.74) is 1.89. The molecule has 0 amide bonds. The van der Waals surface area contributed by atoms with Crippen LogP contribution in [0.2, 0.25) is 0 Å². The van der Waals surface area contributed by atoms with Crippen molar-refractivity contribution >= 4 is 0 Å². The standard InChI is InChI=1S/C17H17F2NO.C2H6/c1-12-7-9-14(10-8-12)17(18,19)16-20-15(11-21-16)13-5-3-2-4-6-13;1-2/h2-10,15-16,20H,11H2,1H3;1-2H3. The minimum absolute atomic E-state index is 0.0284. The van der Waals surface area contributed by atoms with Crippen LogP contribution in [0.5, 0.6) is 0 Å². The molecule has 0 spiro atoms. The monoisotopic (exact) mass is 319 g/mol. The van der Waals surface area contributed by atoms with E-state index in [1.807, 2.05) is 51.1 Å². The number of halogens is 2. The molecule has 124 valence electrons. The van der Waals surface area contributed by atoms with Gasteiger partial charge in [0.25, 0.3) is 0 Å². The van der Waals surface area contributed by atoms with E-state index in [0.29, 0.717) is 0 Å². The molecule has 0 aromatic heterocycles. The molecule has 2 atom stereocenters. The first-order valence-corrected chi connectivity index (χ1v) is 7.95. The van der Waals surface area contributed by atoms with Crippen LogP contribution in [0.25, 0.3) is 0 Å². The molecule has 23 heavy (non-hydrogen) atoms. The topological polar surface area (TPSA) is 21.3 Å². The molecule has 0 bridgehead atoms. The van der Waals surface area contributed by atoms with Crippen LogP contribution in [0.4, 0.5) is 8.78 Å². The maximum absolute atomic E-state index is 14.5. The van der Waals surface area contributed by atoms with E-state index in [1.54, 1.807) is 12.1 Å². The number of alkyl halides is 2. The lowest BCUT2D eigenvalue weighted by atomic mass is 10.0. The van der Waals surface area contributed by atoms with Crippen molar-refractivity contribution in [3.63, 3.8) is 0 Å². The molecule has 1 aliphatic heterocycles. The molecule has 0 saturated carbocycles. The van der Waals surface area contributed by atoms with Gasteiger partial charge in [-0.2, -0.15) is 8.78 Å². The minimum atomic E-state index is -3.06. The molecule has 1 fully saturated rings. The lowest BCUT2D eigenvalue weighted by Crippen LogP contribution is -2.40. The second kappa shape index (κ2) is 7.66. The summed E-state index contributed by atoms with van der Waals surface area (Å²) < 4.78 is 34.3. The Morgan fingerprint density at radius 3 is 2.22 bits per heavy atom. The van der Waals surface area contributed by atoms with Gasteiger partial charge in [0.05, 0.1) is 12.6 Å². The van der Waals surface area contributed by atoms with Crippen molar-refractivity contribution in [1.29, 1.82) is 0 Å². The van der Waals surface area contributed by atoms with Gasteiger partial charge in [-0.15, -0.1) is 0 Å². The van der Waals surface area contributed by atoms with E-state index in [2.05, 4.69) is 5.32 Å². The van der Waals surface area contributed by atoms with E-state index < -0.39 is 12.2 Å². The molecule has 0 aliphatic carbocycles. The van der Waals surface area contributed by atoms with Gasteiger partial charge in [-0.25, -0.2) is 0 Å². The summed E-state index contributed by atoms with van der Waals surface area (Å²) in [6.07, 6.45) is -1.30. The van der Waals surface area contributed by atoms with Gasteiger partial charge < -0.3 is 4.74 Å². The number of hydrogen-bond donors (Lipinski definition) is 1. The maximum Gasteiger partial charge on any atom is 0.311 e. The van der Waals surface area contributed by atoms with Gasteiger partial charge in [-0.05, 0) is 12.5 Å². The number of ether oxygens (including phenoxy) is 1. The van der Waals surface area contributed by atoms with Crippen molar-refractivity contribution in [1.82, 2.24) is 5.32 Å². The van der Waals surface area contributed by atoms with Crippen LogP contribution in [0, 0.1) is 6.92 Å². The number of hydrogen-bond acceptors (Lipinski definition) is 2. The third-order valence-electron chi connectivity index (χ3n) is 3.75. The van der Waals surface area contributed by atoms with E-state index >= 15 is 0 Å². The van der Waals surface area contributed by atoms with Gasteiger partial charge >= 0.3 is 5.92 Å². The smallest absolute Gasteiger partial charge is 0.311 e. The summed E-state index contributed by atoms with van der Waals surface area (Å²) in [4.78, 5) is 0. The summed E-state index contributed by atoms with van der Waals surface area (Å²) >= 11 is 0. The first-order chi connectivity index (χ1) is 11.1. The van der Waals surface area contributed by atoms with Crippen LogP contribution in [0.15, 0.2) is 54.6 Å². The molecule has 2 aromatic rings. The molecule has 2 nitrogen and oxygen atoms in total. The third-order valence-corrected chi connectivity index (χ3v) is 3.75. The van der Waals surface area contributed by atoms with Gasteiger partial charge in [-0.1, -0.05) is 74.0 Å². The fourth-order valence-corrected chi connectivity index (χ4v) is 2.49. The van der Waals surface area contributed by atoms with Crippen molar-refractivity contribution < 1.29 is 13.5 Å². The molecule has 2 aromatic carbocycles. The largest absolute Gasteiger partial charge is 0.355 e. The molecule has 1 N–H and O–H groups in total. The maximum atomic E-state index is 14.5. The zero-order chi connectivity index (χ0) is 16.9. The van der Waals surface area contributed by atoms with E-state index in [9.17, 15) is 8.78 Å². The highest BCUT2D eigenvalue weighted by Gasteiger charge is 2.46. The highest BCUT2D eigenvalue weighted by Crippen LogP contribution is 2.36. The van der Waals surface area contributed by atoms with E-state index in [0.717, 1.165) is 11.1 Å². The zero-order valence-electron chi connectivity index (χ0n) is 13.7. The highest BCUT2D eigenvalue weighted by molar-refractivity contribution is 5.27. The van der Waals surface area contributed by atoms with E-state index in [1.165, 1.54) is 12.1 Å². The van der Waals surface area contributed by atoms with Gasteiger partial charge in [-0.3, -0.25) is 5.32 Å². The molecular formula is C19H23F2NO. The average molecular weight is 319 g/mol. The van der Waals surface area contributed by atoms with E-state index in [-0.39, 0.29) is 18.2 Å². The summed E-state index contributed by atoms with van der Waals surface area (Å²) in [5.74, 6) is -3.06. The molecule has 0 radical (unpaired) electrons. The Balaban J connectivity index is 0.000000924. The van der Waals surface area contributed by atoms with Gasteiger partial charge in [0.15, 0.2) is 6.23 Å². The fraction of sp³-hybridized carbons (Fsp3) is 0.368. The normalized spacial score (nSPS) is 20.7. The Bertz CT molecular complexity index is 599. The molecule has 3 rings (SSSR count). The summed E-state index contributed by atoms with van der Waals surface area (Å²) in [6.45, 7) is 6.12. The number of benzene rings is 2. The first-order valence-electron chi connectivity index (χ1n) is 7.95. The second-order valence-electron chi connectivity index (χ2n) is 5.33. The fourth-order valence-electron chi connectivity index (χ4n) is 2.49. The van der Waals surface area contributed by atoms with E-state index in [4.69, 9.17) is 4.74 Å². The Morgan fingerprint density at radius 2 is 1.61 bits per heavy atom. The Kier molecular flexibility index (Phi) is 5.85. The lowest BCUT2D eigenvalue weighted by Gasteiger charge is -2.23. The molecule has 1 aliphatic rings. The highest BCUT2D eigenvalue weighted by atomic mass is 19.3. The van der Waals surface area contributed by atoms with Crippen LogP contribution >= 0.6 is 0 Å². The van der Waals surface area contributed by atoms with Crippen LogP contribution in [-0.2, 0) is 10.7 Å². The summed E-state index contributed by atoms with van der Waals surface area (Å²) in [6, 6.07) is 15.6. The predicted octanol–water partition coefficient (Wildman–Crippen LogP) is 4.80. The second-order valence-corrected chi connectivity index (χ2v) is 5.33. The molecule has 4 heteroatoms. The quantitative estimate of drug-likeness (QED) is 0.877. The van der Waals surface area contributed by atoms with Crippen LogP contribution in [0.1, 0.15) is 36.6 Å². The van der Waals surface area contributed by atoms with Crippen LogP contribution in [0.3, 0.4) is 0 Å².